The summed E-state index contributed by atoms with van der Waals surface area (Å²) in [6.45, 7) is 9.31. The van der Waals surface area contributed by atoms with Gasteiger partial charge in [-0.15, -0.1) is 0 Å². The van der Waals surface area contributed by atoms with Crippen molar-refractivity contribution in [3.8, 4) is 0 Å². The maximum absolute atomic E-state index is 9.24. The Hall–Kier alpha value is -0.300. The molecule has 0 saturated carbocycles. The van der Waals surface area contributed by atoms with Crippen molar-refractivity contribution >= 4 is 0 Å². The summed E-state index contributed by atoms with van der Waals surface area (Å²) in [5.41, 5.74) is 1.56. The molecule has 1 heteroatoms. The Kier molecular flexibility index (Phi) is 3.18. The van der Waals surface area contributed by atoms with Gasteiger partial charge in [-0.2, -0.15) is 0 Å². The molecule has 0 bridgehead atoms. The highest BCUT2D eigenvalue weighted by Gasteiger charge is 2.36. The molecule has 13 heavy (non-hydrogen) atoms. The lowest BCUT2D eigenvalue weighted by Gasteiger charge is -2.34. The van der Waals surface area contributed by atoms with Crippen molar-refractivity contribution in [1.82, 2.24) is 0 Å². The smallest absolute Gasteiger partial charge is 0.0644 e. The van der Waals surface area contributed by atoms with Crippen LogP contribution in [-0.2, 0) is 0 Å². The molecule has 2 unspecified atom stereocenters. The Labute approximate surface area is 81.9 Å². The summed E-state index contributed by atoms with van der Waals surface area (Å²) < 4.78 is 0. The predicted molar refractivity (Wildman–Crippen MR) is 56.5 cm³/mol. The Balaban J connectivity index is 2.81. The quantitative estimate of drug-likeness (QED) is 0.651. The molecule has 2 atom stereocenters. The van der Waals surface area contributed by atoms with E-state index < -0.39 is 0 Å². The van der Waals surface area contributed by atoms with E-state index in [1.165, 1.54) is 12.0 Å². The Bertz CT molecular complexity index is 198. The number of rotatable bonds is 2. The molecule has 1 aliphatic rings. The third-order valence-electron chi connectivity index (χ3n) is 3.19. The lowest BCUT2D eigenvalue weighted by molar-refractivity contribution is 0.185. The number of allylic oxidation sites excluding steroid dienone is 1. The minimum absolute atomic E-state index is 0.248. The van der Waals surface area contributed by atoms with E-state index in [4.69, 9.17) is 0 Å². The first kappa shape index (κ1) is 10.8. The van der Waals surface area contributed by atoms with Crippen molar-refractivity contribution in [3.63, 3.8) is 0 Å². The van der Waals surface area contributed by atoms with Crippen molar-refractivity contribution in [3.05, 3.63) is 11.6 Å². The van der Waals surface area contributed by atoms with Crippen LogP contribution in [-0.4, -0.2) is 11.7 Å². The van der Waals surface area contributed by atoms with E-state index >= 15 is 0 Å². The van der Waals surface area contributed by atoms with Crippen molar-refractivity contribution in [1.29, 1.82) is 0 Å². The highest BCUT2D eigenvalue weighted by Crippen LogP contribution is 2.44. The first-order valence-electron chi connectivity index (χ1n) is 5.30. The van der Waals surface area contributed by atoms with Gasteiger partial charge >= 0.3 is 0 Å². The fourth-order valence-electron chi connectivity index (χ4n) is 2.70. The molecule has 0 aromatic rings. The molecular formula is C12H22O. The average molecular weight is 182 g/mol. The van der Waals surface area contributed by atoms with Gasteiger partial charge in [0.2, 0.25) is 0 Å². The van der Waals surface area contributed by atoms with Crippen molar-refractivity contribution in [2.45, 2.75) is 40.5 Å². The Morgan fingerprint density at radius 2 is 2.08 bits per heavy atom. The largest absolute Gasteiger partial charge is 0.392 e. The molecule has 0 amide bonds. The summed E-state index contributed by atoms with van der Waals surface area (Å²) in [6, 6.07) is 0. The number of aliphatic hydroxyl groups excluding tert-OH is 1. The van der Waals surface area contributed by atoms with Crippen LogP contribution in [0.5, 0.6) is 0 Å². The van der Waals surface area contributed by atoms with Crippen molar-refractivity contribution in [2.24, 2.45) is 17.3 Å². The Morgan fingerprint density at radius 3 is 2.46 bits per heavy atom. The summed E-state index contributed by atoms with van der Waals surface area (Å²) in [7, 11) is 0. The average Bonchev–Trinajstić information content (AvgIpc) is 2.45. The second-order valence-electron chi connectivity index (χ2n) is 5.18. The maximum Gasteiger partial charge on any atom is 0.0644 e. The highest BCUT2D eigenvalue weighted by atomic mass is 16.3. The van der Waals surface area contributed by atoms with Crippen LogP contribution in [0.1, 0.15) is 40.5 Å². The number of aliphatic hydroxyl groups is 1. The van der Waals surface area contributed by atoms with E-state index in [0.717, 1.165) is 12.3 Å². The van der Waals surface area contributed by atoms with Gasteiger partial charge in [-0.1, -0.05) is 40.2 Å². The second kappa shape index (κ2) is 3.83. The van der Waals surface area contributed by atoms with E-state index in [-0.39, 0.29) is 6.61 Å². The summed E-state index contributed by atoms with van der Waals surface area (Å²) in [5, 5.41) is 9.24. The van der Waals surface area contributed by atoms with Crippen LogP contribution < -0.4 is 0 Å². The third-order valence-corrected chi connectivity index (χ3v) is 3.19. The topological polar surface area (TPSA) is 20.2 Å². The number of hydrogen-bond acceptors (Lipinski definition) is 1. The molecule has 0 aliphatic heterocycles. The predicted octanol–water partition coefficient (Wildman–Crippen LogP) is 3.00. The van der Waals surface area contributed by atoms with Gasteiger partial charge in [0.1, 0.15) is 0 Å². The molecule has 76 valence electrons. The molecule has 0 heterocycles. The summed E-state index contributed by atoms with van der Waals surface area (Å²) in [5.74, 6) is 1.34. The van der Waals surface area contributed by atoms with Crippen LogP contribution in [0.15, 0.2) is 11.6 Å². The zero-order valence-electron chi connectivity index (χ0n) is 9.30. The van der Waals surface area contributed by atoms with Gasteiger partial charge in [0.05, 0.1) is 6.61 Å². The molecule has 0 spiro atoms. The minimum atomic E-state index is 0.248. The fourth-order valence-corrected chi connectivity index (χ4v) is 2.70. The molecule has 0 aromatic carbocycles. The third kappa shape index (κ3) is 2.14. The second-order valence-corrected chi connectivity index (χ2v) is 5.18. The van der Waals surface area contributed by atoms with Gasteiger partial charge in [-0.3, -0.25) is 0 Å². The van der Waals surface area contributed by atoms with Crippen molar-refractivity contribution < 1.29 is 5.11 Å². The van der Waals surface area contributed by atoms with Gasteiger partial charge in [0.15, 0.2) is 0 Å². The summed E-state index contributed by atoms with van der Waals surface area (Å²) >= 11 is 0. The Morgan fingerprint density at radius 1 is 1.46 bits per heavy atom. The van der Waals surface area contributed by atoms with E-state index in [1.54, 1.807) is 0 Å². The first-order valence-corrected chi connectivity index (χ1v) is 5.30. The normalized spacial score (nSPS) is 29.2. The van der Waals surface area contributed by atoms with E-state index in [9.17, 15) is 5.11 Å². The fraction of sp³-hybridized carbons (Fsp3) is 0.833. The van der Waals surface area contributed by atoms with Crippen LogP contribution in [0.2, 0.25) is 0 Å². The van der Waals surface area contributed by atoms with E-state index in [1.807, 2.05) is 0 Å². The molecule has 0 fully saturated rings. The van der Waals surface area contributed by atoms with Crippen LogP contribution >= 0.6 is 0 Å². The zero-order chi connectivity index (χ0) is 10.1. The standard InChI is InChI=1S/C12H22O/c1-5-9-6-7-10(8-13)11(9)12(2,3)4/h7,9,11,13H,5-6,8H2,1-4H3. The molecule has 0 aromatic heterocycles. The minimum Gasteiger partial charge on any atom is -0.392 e. The SMILES string of the molecule is CCC1CC=C(CO)C1C(C)(C)C. The van der Waals surface area contributed by atoms with Crippen LogP contribution in [0, 0.1) is 17.3 Å². The molecule has 1 N–H and O–H groups in total. The highest BCUT2D eigenvalue weighted by molar-refractivity contribution is 5.18. The maximum atomic E-state index is 9.24. The van der Waals surface area contributed by atoms with Crippen LogP contribution in [0.3, 0.4) is 0 Å². The van der Waals surface area contributed by atoms with Gasteiger partial charge in [-0.05, 0) is 29.2 Å². The van der Waals surface area contributed by atoms with Crippen molar-refractivity contribution in [2.75, 3.05) is 6.61 Å². The molecule has 0 radical (unpaired) electrons. The molecular weight excluding hydrogens is 160 g/mol. The molecule has 1 nitrogen and oxygen atoms in total. The first-order chi connectivity index (χ1) is 6.00. The van der Waals surface area contributed by atoms with Gasteiger partial charge in [-0.25, -0.2) is 0 Å². The summed E-state index contributed by atoms with van der Waals surface area (Å²) in [6.07, 6.45) is 4.63. The van der Waals surface area contributed by atoms with Crippen LogP contribution in [0.25, 0.3) is 0 Å². The van der Waals surface area contributed by atoms with E-state index in [0.29, 0.717) is 11.3 Å². The summed E-state index contributed by atoms with van der Waals surface area (Å²) in [4.78, 5) is 0. The molecule has 1 aliphatic carbocycles. The lowest BCUT2D eigenvalue weighted by atomic mass is 9.71. The zero-order valence-corrected chi connectivity index (χ0v) is 9.30. The van der Waals surface area contributed by atoms with Gasteiger partial charge in [0, 0.05) is 0 Å². The lowest BCUT2D eigenvalue weighted by Crippen LogP contribution is -2.27. The monoisotopic (exact) mass is 182 g/mol. The molecule has 0 saturated heterocycles. The van der Waals surface area contributed by atoms with Crippen LogP contribution in [0.4, 0.5) is 0 Å². The molecule has 1 rings (SSSR count). The van der Waals surface area contributed by atoms with Gasteiger partial charge < -0.3 is 5.11 Å². The van der Waals surface area contributed by atoms with Gasteiger partial charge in [0.25, 0.3) is 0 Å². The van der Waals surface area contributed by atoms with E-state index in [2.05, 4.69) is 33.8 Å². The number of hydrogen-bond donors (Lipinski definition) is 1.